The number of hydrogen-bond donors (Lipinski definition) is 3. The topological polar surface area (TPSA) is 113 Å². The summed E-state index contributed by atoms with van der Waals surface area (Å²) < 4.78 is 5.08. The highest BCUT2D eigenvalue weighted by molar-refractivity contribution is 5.71. The molecule has 3 N–H and O–H groups in total. The number of nitrogens with one attached hydrogen (secondary N) is 1. The highest BCUT2D eigenvalue weighted by atomic mass is 16.4. The van der Waals surface area contributed by atoms with Gasteiger partial charge in [-0.15, -0.1) is 0 Å². The normalized spacial score (nSPS) is 10.2. The van der Waals surface area contributed by atoms with Gasteiger partial charge in [0.25, 0.3) is 6.01 Å². The van der Waals surface area contributed by atoms with Gasteiger partial charge in [0.15, 0.2) is 0 Å². The molecule has 0 amide bonds. The molecule has 0 aliphatic heterocycles. The molecular weight excluding hydrogens is 264 g/mol. The Bertz CT molecular complexity index is 618. The van der Waals surface area contributed by atoms with E-state index in [0.29, 0.717) is 16.9 Å². The predicted octanol–water partition coefficient (Wildman–Crippen LogP) is 1.67. The Morgan fingerprint density at radius 2 is 1.75 bits per heavy atom. The smallest absolute Gasteiger partial charge is 0.309 e. The van der Waals surface area contributed by atoms with Gasteiger partial charge in [0.05, 0.1) is 18.5 Å². The van der Waals surface area contributed by atoms with Crippen LogP contribution in [0.15, 0.2) is 34.9 Å². The fourth-order valence-electron chi connectivity index (χ4n) is 1.60. The third-order valence-electron chi connectivity index (χ3n) is 2.44. The second kappa shape index (κ2) is 5.87. The van der Waals surface area contributed by atoms with Crippen LogP contribution in [0.5, 0.6) is 0 Å². The van der Waals surface area contributed by atoms with Crippen LogP contribution in [0.25, 0.3) is 0 Å². The quantitative estimate of drug-likeness (QED) is 0.735. The Labute approximate surface area is 113 Å². The van der Waals surface area contributed by atoms with E-state index >= 15 is 0 Å². The Morgan fingerprint density at radius 1 is 1.10 bits per heavy atom. The lowest BCUT2D eigenvalue weighted by Crippen LogP contribution is -2.01. The maximum absolute atomic E-state index is 10.5. The molecule has 2 rings (SSSR count). The van der Waals surface area contributed by atoms with Crippen molar-refractivity contribution in [2.75, 3.05) is 5.32 Å². The first-order valence-electron chi connectivity index (χ1n) is 5.77. The second-order valence-corrected chi connectivity index (χ2v) is 4.11. The summed E-state index contributed by atoms with van der Waals surface area (Å²) in [5, 5.41) is 20.1. The van der Waals surface area contributed by atoms with E-state index in [0.717, 1.165) is 0 Å². The van der Waals surface area contributed by atoms with Crippen molar-refractivity contribution in [2.24, 2.45) is 0 Å². The molecular formula is C13H12N2O5. The number of aliphatic carboxylic acids is 2. The molecule has 0 radical (unpaired) electrons. The van der Waals surface area contributed by atoms with Gasteiger partial charge in [-0.3, -0.25) is 9.59 Å². The number of benzene rings is 1. The number of hydrogen-bond acceptors (Lipinski definition) is 5. The lowest BCUT2D eigenvalue weighted by molar-refractivity contribution is -0.137. The van der Waals surface area contributed by atoms with Crippen LogP contribution in [-0.2, 0) is 22.4 Å². The summed E-state index contributed by atoms with van der Waals surface area (Å²) in [6.07, 6.45) is 1.03. The molecule has 0 aliphatic rings. The van der Waals surface area contributed by atoms with Crippen molar-refractivity contribution in [1.82, 2.24) is 4.98 Å². The molecule has 0 saturated carbocycles. The molecule has 7 nitrogen and oxygen atoms in total. The highest BCUT2D eigenvalue weighted by Gasteiger charge is 2.08. The van der Waals surface area contributed by atoms with Gasteiger partial charge in [-0.25, -0.2) is 0 Å². The Morgan fingerprint density at radius 3 is 2.35 bits per heavy atom. The summed E-state index contributed by atoms with van der Waals surface area (Å²) >= 11 is 0. The number of aromatic nitrogens is 1. The summed E-state index contributed by atoms with van der Waals surface area (Å²) in [7, 11) is 0. The van der Waals surface area contributed by atoms with Crippen molar-refractivity contribution in [3.63, 3.8) is 0 Å². The Hall–Kier alpha value is -2.83. The van der Waals surface area contributed by atoms with E-state index in [1.54, 1.807) is 24.3 Å². The molecule has 0 spiro atoms. The van der Waals surface area contributed by atoms with Gasteiger partial charge in [-0.1, -0.05) is 12.1 Å². The first-order chi connectivity index (χ1) is 9.52. The van der Waals surface area contributed by atoms with Crippen molar-refractivity contribution >= 4 is 23.6 Å². The standard InChI is InChI=1S/C13H12N2O5/c16-11(17)5-8-1-3-9(4-2-8)14-13-15-10(7-20-13)6-12(18)19/h1-4,7H,5-6H2,(H,14,15)(H,16,17)(H,18,19). The van der Waals surface area contributed by atoms with Gasteiger partial charge in [-0.2, -0.15) is 4.98 Å². The zero-order chi connectivity index (χ0) is 14.5. The van der Waals surface area contributed by atoms with Crippen LogP contribution in [0.3, 0.4) is 0 Å². The zero-order valence-electron chi connectivity index (χ0n) is 10.4. The highest BCUT2D eigenvalue weighted by Crippen LogP contribution is 2.17. The molecule has 0 saturated heterocycles. The summed E-state index contributed by atoms with van der Waals surface area (Å²) in [4.78, 5) is 25.0. The number of anilines is 2. The zero-order valence-corrected chi connectivity index (χ0v) is 10.4. The molecule has 1 heterocycles. The van der Waals surface area contributed by atoms with E-state index in [-0.39, 0.29) is 18.9 Å². The predicted molar refractivity (Wildman–Crippen MR) is 68.9 cm³/mol. The number of rotatable bonds is 6. The van der Waals surface area contributed by atoms with Gasteiger partial charge >= 0.3 is 11.9 Å². The van der Waals surface area contributed by atoms with Gasteiger partial charge < -0.3 is 19.9 Å². The molecule has 7 heteroatoms. The van der Waals surface area contributed by atoms with Crippen molar-refractivity contribution in [3.8, 4) is 0 Å². The van der Waals surface area contributed by atoms with E-state index in [1.807, 2.05) is 0 Å². The van der Waals surface area contributed by atoms with Crippen LogP contribution >= 0.6 is 0 Å². The first-order valence-corrected chi connectivity index (χ1v) is 5.77. The van der Waals surface area contributed by atoms with Crippen molar-refractivity contribution in [1.29, 1.82) is 0 Å². The van der Waals surface area contributed by atoms with Crippen LogP contribution in [0.1, 0.15) is 11.3 Å². The van der Waals surface area contributed by atoms with Gasteiger partial charge in [0.1, 0.15) is 6.26 Å². The van der Waals surface area contributed by atoms with Crippen LogP contribution in [0, 0.1) is 0 Å². The minimum atomic E-state index is -0.983. The number of carboxylic acid groups (broad SMARTS) is 2. The summed E-state index contributed by atoms with van der Waals surface area (Å²) in [5.74, 6) is -1.88. The summed E-state index contributed by atoms with van der Waals surface area (Å²) in [5.41, 5.74) is 1.67. The van der Waals surface area contributed by atoms with Crippen LogP contribution < -0.4 is 5.32 Å². The maximum Gasteiger partial charge on any atom is 0.309 e. The maximum atomic E-state index is 10.5. The molecule has 0 aliphatic carbocycles. The summed E-state index contributed by atoms with van der Waals surface area (Å²) in [6, 6.07) is 6.93. The fourth-order valence-corrected chi connectivity index (χ4v) is 1.60. The minimum Gasteiger partial charge on any atom is -0.481 e. The van der Waals surface area contributed by atoms with E-state index in [4.69, 9.17) is 14.6 Å². The molecule has 104 valence electrons. The SMILES string of the molecule is O=C(O)Cc1ccc(Nc2nc(CC(=O)O)co2)cc1. The number of nitrogens with zero attached hydrogens (tertiary/aromatic N) is 1. The molecule has 2 aromatic rings. The average molecular weight is 276 g/mol. The van der Waals surface area contributed by atoms with E-state index in [9.17, 15) is 9.59 Å². The average Bonchev–Trinajstić information content (AvgIpc) is 2.77. The molecule has 1 aromatic heterocycles. The third-order valence-corrected chi connectivity index (χ3v) is 2.44. The Kier molecular flexibility index (Phi) is 3.99. The van der Waals surface area contributed by atoms with Crippen LogP contribution in [0.2, 0.25) is 0 Å². The number of oxazole rings is 1. The molecule has 0 bridgehead atoms. The van der Waals surface area contributed by atoms with Crippen LogP contribution in [-0.4, -0.2) is 27.1 Å². The third kappa shape index (κ3) is 3.84. The number of carbonyl (C=O) groups is 2. The van der Waals surface area contributed by atoms with Crippen molar-refractivity contribution in [2.45, 2.75) is 12.8 Å². The Balaban J connectivity index is 2.00. The van der Waals surface area contributed by atoms with Gasteiger partial charge in [0.2, 0.25) is 0 Å². The molecule has 0 fully saturated rings. The van der Waals surface area contributed by atoms with E-state index in [2.05, 4.69) is 10.3 Å². The van der Waals surface area contributed by atoms with E-state index < -0.39 is 11.9 Å². The van der Waals surface area contributed by atoms with E-state index in [1.165, 1.54) is 6.26 Å². The minimum absolute atomic E-state index is 0.0396. The lowest BCUT2D eigenvalue weighted by atomic mass is 10.1. The van der Waals surface area contributed by atoms with Crippen molar-refractivity contribution in [3.05, 3.63) is 41.8 Å². The fraction of sp³-hybridized carbons (Fsp3) is 0.154. The number of carboxylic acids is 2. The second-order valence-electron chi connectivity index (χ2n) is 4.11. The monoisotopic (exact) mass is 276 g/mol. The molecule has 0 unspecified atom stereocenters. The molecule has 20 heavy (non-hydrogen) atoms. The molecule has 1 aromatic carbocycles. The lowest BCUT2D eigenvalue weighted by Gasteiger charge is -2.02. The van der Waals surface area contributed by atoms with Crippen LogP contribution in [0.4, 0.5) is 11.7 Å². The molecule has 0 atom stereocenters. The van der Waals surface area contributed by atoms with Gasteiger partial charge in [0, 0.05) is 5.69 Å². The largest absolute Gasteiger partial charge is 0.481 e. The van der Waals surface area contributed by atoms with Gasteiger partial charge in [-0.05, 0) is 17.7 Å². The van der Waals surface area contributed by atoms with Crippen molar-refractivity contribution < 1.29 is 24.2 Å². The first kappa shape index (κ1) is 13.6. The summed E-state index contributed by atoms with van der Waals surface area (Å²) in [6.45, 7) is 0.